The molecule has 3 N–H and O–H groups in total. The highest BCUT2D eigenvalue weighted by Gasteiger charge is 2.04. The highest BCUT2D eigenvalue weighted by molar-refractivity contribution is 7.10. The summed E-state index contributed by atoms with van der Waals surface area (Å²) in [6, 6.07) is 2.09. The van der Waals surface area contributed by atoms with Gasteiger partial charge in [0.25, 0.3) is 0 Å². The van der Waals surface area contributed by atoms with Crippen LogP contribution in [0.15, 0.2) is 11.4 Å². The summed E-state index contributed by atoms with van der Waals surface area (Å²) in [5.41, 5.74) is 6.35. The number of aliphatic hydroxyl groups excluding tert-OH is 1. The summed E-state index contributed by atoms with van der Waals surface area (Å²) < 4.78 is 0. The molecule has 0 radical (unpaired) electrons. The van der Waals surface area contributed by atoms with Gasteiger partial charge in [0.1, 0.15) is 0 Å². The first-order chi connectivity index (χ1) is 7.80. The van der Waals surface area contributed by atoms with Crippen molar-refractivity contribution < 1.29 is 5.11 Å². The molecule has 0 aromatic carbocycles. The molecule has 4 heteroatoms. The highest BCUT2D eigenvalue weighted by Crippen LogP contribution is 2.15. The van der Waals surface area contributed by atoms with E-state index >= 15 is 0 Å². The zero-order valence-corrected chi connectivity index (χ0v) is 10.4. The SMILES string of the molecule is CCN(CCO)Cc1cc(C#CCN)cs1. The fourth-order valence-electron chi connectivity index (χ4n) is 1.39. The summed E-state index contributed by atoms with van der Waals surface area (Å²) in [5.74, 6) is 5.86. The lowest BCUT2D eigenvalue weighted by Gasteiger charge is -2.17. The van der Waals surface area contributed by atoms with Crippen LogP contribution in [0.3, 0.4) is 0 Å². The average molecular weight is 238 g/mol. The molecule has 0 spiro atoms. The predicted molar refractivity (Wildman–Crippen MR) is 68.3 cm³/mol. The lowest BCUT2D eigenvalue weighted by atomic mass is 10.3. The number of hydrogen-bond acceptors (Lipinski definition) is 4. The highest BCUT2D eigenvalue weighted by atomic mass is 32.1. The third kappa shape index (κ3) is 4.33. The molecular weight excluding hydrogens is 220 g/mol. The van der Waals surface area contributed by atoms with Crippen molar-refractivity contribution in [1.29, 1.82) is 0 Å². The van der Waals surface area contributed by atoms with Crippen molar-refractivity contribution in [2.45, 2.75) is 13.5 Å². The van der Waals surface area contributed by atoms with E-state index in [1.54, 1.807) is 11.3 Å². The smallest absolute Gasteiger partial charge is 0.0558 e. The number of likely N-dealkylation sites (N-methyl/N-ethyl adjacent to an activating group) is 1. The quantitative estimate of drug-likeness (QED) is 0.749. The summed E-state index contributed by atoms with van der Waals surface area (Å²) >= 11 is 1.70. The van der Waals surface area contributed by atoms with Crippen LogP contribution in [-0.4, -0.2) is 36.2 Å². The standard InChI is InChI=1S/C12H18N2OS/c1-2-14(6-7-15)9-12-8-11(10-16-12)4-3-5-13/h8,10,15H,2,5-7,9,13H2,1H3. The van der Waals surface area contributed by atoms with Gasteiger partial charge in [0, 0.05) is 28.9 Å². The number of hydrogen-bond donors (Lipinski definition) is 2. The minimum atomic E-state index is 0.207. The third-order valence-corrected chi connectivity index (χ3v) is 3.15. The van der Waals surface area contributed by atoms with Gasteiger partial charge < -0.3 is 10.8 Å². The van der Waals surface area contributed by atoms with Crippen molar-refractivity contribution in [2.75, 3.05) is 26.2 Å². The molecule has 0 bridgehead atoms. The Morgan fingerprint density at radius 2 is 2.38 bits per heavy atom. The van der Waals surface area contributed by atoms with Gasteiger partial charge in [0.2, 0.25) is 0 Å². The maximum atomic E-state index is 8.89. The van der Waals surface area contributed by atoms with Crippen LogP contribution in [-0.2, 0) is 6.54 Å². The minimum Gasteiger partial charge on any atom is -0.395 e. The molecule has 0 atom stereocenters. The van der Waals surface area contributed by atoms with Crippen molar-refractivity contribution >= 4 is 11.3 Å². The van der Waals surface area contributed by atoms with Crippen molar-refractivity contribution in [3.8, 4) is 11.8 Å². The molecule has 1 aromatic heterocycles. The van der Waals surface area contributed by atoms with Crippen molar-refractivity contribution in [3.63, 3.8) is 0 Å². The Labute approximate surface area is 101 Å². The molecule has 0 unspecified atom stereocenters. The fourth-order valence-corrected chi connectivity index (χ4v) is 2.25. The first kappa shape index (κ1) is 13.2. The molecule has 0 saturated carbocycles. The van der Waals surface area contributed by atoms with E-state index in [0.29, 0.717) is 6.54 Å². The Morgan fingerprint density at radius 1 is 1.56 bits per heavy atom. The van der Waals surface area contributed by atoms with E-state index in [-0.39, 0.29) is 6.61 Å². The van der Waals surface area contributed by atoms with E-state index in [1.807, 2.05) is 5.38 Å². The zero-order valence-electron chi connectivity index (χ0n) is 9.57. The Hall–Kier alpha value is -0.860. The Kier molecular flexibility index (Phi) is 6.12. The molecular formula is C12H18N2OS. The lowest BCUT2D eigenvalue weighted by Crippen LogP contribution is -2.25. The first-order valence-corrected chi connectivity index (χ1v) is 6.27. The van der Waals surface area contributed by atoms with E-state index in [9.17, 15) is 0 Å². The molecule has 0 aliphatic heterocycles. The van der Waals surface area contributed by atoms with Crippen LogP contribution >= 0.6 is 11.3 Å². The molecule has 0 amide bonds. The van der Waals surface area contributed by atoms with Gasteiger partial charge in [-0.2, -0.15) is 0 Å². The third-order valence-electron chi connectivity index (χ3n) is 2.23. The van der Waals surface area contributed by atoms with Gasteiger partial charge in [-0.05, 0) is 12.6 Å². The van der Waals surface area contributed by atoms with Gasteiger partial charge in [-0.3, -0.25) is 4.90 Å². The molecule has 0 aliphatic rings. The van der Waals surface area contributed by atoms with E-state index in [0.717, 1.165) is 25.2 Å². The monoisotopic (exact) mass is 238 g/mol. The summed E-state index contributed by atoms with van der Waals surface area (Å²) in [5, 5.41) is 10.9. The molecule has 0 saturated heterocycles. The Morgan fingerprint density at radius 3 is 3.00 bits per heavy atom. The van der Waals surface area contributed by atoms with E-state index in [2.05, 4.69) is 29.7 Å². The Balaban J connectivity index is 2.56. The summed E-state index contributed by atoms with van der Waals surface area (Å²) in [6.45, 7) is 5.25. The van der Waals surface area contributed by atoms with Crippen LogP contribution in [0.1, 0.15) is 17.4 Å². The van der Waals surface area contributed by atoms with Gasteiger partial charge in [-0.25, -0.2) is 0 Å². The molecule has 1 aromatic rings. The second-order valence-electron chi connectivity index (χ2n) is 3.40. The summed E-state index contributed by atoms with van der Waals surface area (Å²) in [6.07, 6.45) is 0. The van der Waals surface area contributed by atoms with Crippen LogP contribution in [0.4, 0.5) is 0 Å². The summed E-state index contributed by atoms with van der Waals surface area (Å²) in [7, 11) is 0. The first-order valence-electron chi connectivity index (χ1n) is 5.39. The summed E-state index contributed by atoms with van der Waals surface area (Å²) in [4.78, 5) is 3.48. The maximum absolute atomic E-state index is 8.89. The molecule has 1 rings (SSSR count). The van der Waals surface area contributed by atoms with Gasteiger partial charge >= 0.3 is 0 Å². The predicted octanol–water partition coefficient (Wildman–Crippen LogP) is 0.873. The number of aliphatic hydroxyl groups is 1. The van der Waals surface area contributed by atoms with Crippen molar-refractivity contribution in [2.24, 2.45) is 5.73 Å². The van der Waals surface area contributed by atoms with Crippen molar-refractivity contribution in [1.82, 2.24) is 4.90 Å². The molecule has 16 heavy (non-hydrogen) atoms. The Bertz CT molecular complexity index is 365. The minimum absolute atomic E-state index is 0.207. The molecule has 0 fully saturated rings. The second kappa shape index (κ2) is 7.42. The van der Waals surface area contributed by atoms with Gasteiger partial charge in [-0.15, -0.1) is 11.3 Å². The van der Waals surface area contributed by atoms with E-state index in [1.165, 1.54) is 4.88 Å². The fraction of sp³-hybridized carbons (Fsp3) is 0.500. The lowest BCUT2D eigenvalue weighted by molar-refractivity contribution is 0.198. The van der Waals surface area contributed by atoms with Gasteiger partial charge in [0.05, 0.1) is 13.2 Å². The zero-order chi connectivity index (χ0) is 11.8. The largest absolute Gasteiger partial charge is 0.395 e. The maximum Gasteiger partial charge on any atom is 0.0558 e. The molecule has 3 nitrogen and oxygen atoms in total. The number of thiophene rings is 1. The normalized spacial score (nSPS) is 10.2. The number of nitrogens with two attached hydrogens (primary N) is 1. The number of rotatable bonds is 5. The second-order valence-corrected chi connectivity index (χ2v) is 4.40. The average Bonchev–Trinajstić information content (AvgIpc) is 2.73. The van der Waals surface area contributed by atoms with Crippen LogP contribution in [0.25, 0.3) is 0 Å². The molecule has 88 valence electrons. The number of nitrogens with zero attached hydrogens (tertiary/aromatic N) is 1. The molecule has 0 aliphatic carbocycles. The van der Waals surface area contributed by atoms with Gasteiger partial charge in [-0.1, -0.05) is 18.8 Å². The van der Waals surface area contributed by atoms with E-state index < -0.39 is 0 Å². The topological polar surface area (TPSA) is 49.5 Å². The van der Waals surface area contributed by atoms with Gasteiger partial charge in [0.15, 0.2) is 0 Å². The van der Waals surface area contributed by atoms with Crippen LogP contribution < -0.4 is 5.73 Å². The van der Waals surface area contributed by atoms with Crippen molar-refractivity contribution in [3.05, 3.63) is 21.9 Å². The van der Waals surface area contributed by atoms with Crippen LogP contribution in [0.2, 0.25) is 0 Å². The van der Waals surface area contributed by atoms with Crippen LogP contribution in [0, 0.1) is 11.8 Å². The van der Waals surface area contributed by atoms with E-state index in [4.69, 9.17) is 10.8 Å². The molecule has 1 heterocycles. The van der Waals surface area contributed by atoms with Crippen LogP contribution in [0.5, 0.6) is 0 Å².